The molecule has 3 heteroatoms. The van der Waals surface area contributed by atoms with Gasteiger partial charge in [0.15, 0.2) is 5.82 Å². The SMILES string of the molecule is Cc1ccc(F)c(C#CCCO)n1. The molecule has 0 aliphatic heterocycles. The van der Waals surface area contributed by atoms with Gasteiger partial charge in [0.25, 0.3) is 0 Å². The van der Waals surface area contributed by atoms with Crippen molar-refractivity contribution in [1.29, 1.82) is 0 Å². The number of rotatable bonds is 1. The molecular formula is C10H10FNO. The third-order valence-corrected chi connectivity index (χ3v) is 1.43. The highest BCUT2D eigenvalue weighted by Crippen LogP contribution is 2.03. The monoisotopic (exact) mass is 179 g/mol. The summed E-state index contributed by atoms with van der Waals surface area (Å²) in [7, 11) is 0. The van der Waals surface area contributed by atoms with Crippen LogP contribution >= 0.6 is 0 Å². The van der Waals surface area contributed by atoms with Crippen LogP contribution in [-0.4, -0.2) is 16.7 Å². The van der Waals surface area contributed by atoms with E-state index in [4.69, 9.17) is 5.11 Å². The molecule has 0 fully saturated rings. The third kappa shape index (κ3) is 2.85. The van der Waals surface area contributed by atoms with Gasteiger partial charge in [-0.1, -0.05) is 5.92 Å². The number of aryl methyl sites for hydroxylation is 1. The van der Waals surface area contributed by atoms with Crippen molar-refractivity contribution in [3.63, 3.8) is 0 Å². The molecule has 0 aliphatic rings. The second-order valence-corrected chi connectivity index (χ2v) is 2.56. The van der Waals surface area contributed by atoms with Crippen molar-refractivity contribution in [1.82, 2.24) is 4.98 Å². The molecular weight excluding hydrogens is 169 g/mol. The van der Waals surface area contributed by atoms with Crippen molar-refractivity contribution in [3.8, 4) is 11.8 Å². The Morgan fingerprint density at radius 1 is 1.54 bits per heavy atom. The van der Waals surface area contributed by atoms with Crippen LogP contribution in [-0.2, 0) is 0 Å². The van der Waals surface area contributed by atoms with Crippen molar-refractivity contribution in [2.24, 2.45) is 0 Å². The fraction of sp³-hybridized carbons (Fsp3) is 0.300. The first-order valence-corrected chi connectivity index (χ1v) is 3.97. The number of aliphatic hydroxyl groups excluding tert-OH is 1. The second kappa shape index (κ2) is 4.58. The zero-order chi connectivity index (χ0) is 9.68. The summed E-state index contributed by atoms with van der Waals surface area (Å²) in [5, 5.41) is 8.45. The topological polar surface area (TPSA) is 33.1 Å². The molecule has 0 radical (unpaired) electrons. The summed E-state index contributed by atoms with van der Waals surface area (Å²) >= 11 is 0. The van der Waals surface area contributed by atoms with E-state index in [0.717, 1.165) is 5.69 Å². The standard InChI is InChI=1S/C10H10FNO/c1-8-5-6-9(11)10(12-8)4-2-3-7-13/h5-6,13H,3,7H2,1H3. The normalized spacial score (nSPS) is 9.15. The van der Waals surface area contributed by atoms with E-state index >= 15 is 0 Å². The zero-order valence-electron chi connectivity index (χ0n) is 7.34. The average molecular weight is 179 g/mol. The Hall–Kier alpha value is -1.40. The van der Waals surface area contributed by atoms with Gasteiger partial charge in [0.2, 0.25) is 0 Å². The number of pyridine rings is 1. The molecule has 0 aliphatic carbocycles. The van der Waals surface area contributed by atoms with Crippen LogP contribution < -0.4 is 0 Å². The van der Waals surface area contributed by atoms with Gasteiger partial charge in [0.1, 0.15) is 5.69 Å². The van der Waals surface area contributed by atoms with Crippen LogP contribution in [0.15, 0.2) is 12.1 Å². The van der Waals surface area contributed by atoms with Gasteiger partial charge in [-0.2, -0.15) is 0 Å². The maximum absolute atomic E-state index is 13.0. The summed E-state index contributed by atoms with van der Waals surface area (Å²) in [6.45, 7) is 1.76. The lowest BCUT2D eigenvalue weighted by molar-refractivity contribution is 0.305. The quantitative estimate of drug-likeness (QED) is 0.658. The van der Waals surface area contributed by atoms with Crippen LogP contribution in [0.1, 0.15) is 17.8 Å². The fourth-order valence-corrected chi connectivity index (χ4v) is 0.830. The summed E-state index contributed by atoms with van der Waals surface area (Å²) < 4.78 is 13.0. The van der Waals surface area contributed by atoms with Crippen LogP contribution in [0.4, 0.5) is 4.39 Å². The first-order chi connectivity index (χ1) is 6.24. The predicted octanol–water partition coefficient (Wildman–Crippen LogP) is 1.26. The second-order valence-electron chi connectivity index (χ2n) is 2.56. The first-order valence-electron chi connectivity index (χ1n) is 3.97. The minimum atomic E-state index is -0.420. The van der Waals surface area contributed by atoms with Gasteiger partial charge in [-0.25, -0.2) is 9.37 Å². The first kappa shape index (κ1) is 9.69. The number of nitrogens with zero attached hydrogens (tertiary/aromatic N) is 1. The highest BCUT2D eigenvalue weighted by atomic mass is 19.1. The van der Waals surface area contributed by atoms with Gasteiger partial charge in [-0.3, -0.25) is 0 Å². The Bertz CT molecular complexity index is 352. The lowest BCUT2D eigenvalue weighted by Gasteiger charge is -1.94. The van der Waals surface area contributed by atoms with E-state index in [-0.39, 0.29) is 12.3 Å². The molecule has 0 amide bonds. The molecule has 1 aromatic rings. The Morgan fingerprint density at radius 2 is 2.31 bits per heavy atom. The summed E-state index contributed by atoms with van der Waals surface area (Å²) in [6, 6.07) is 2.93. The van der Waals surface area contributed by atoms with Crippen molar-refractivity contribution in [2.45, 2.75) is 13.3 Å². The molecule has 68 valence electrons. The van der Waals surface area contributed by atoms with E-state index < -0.39 is 5.82 Å². The maximum atomic E-state index is 13.0. The largest absolute Gasteiger partial charge is 0.395 e. The third-order valence-electron chi connectivity index (χ3n) is 1.43. The molecule has 0 unspecified atom stereocenters. The maximum Gasteiger partial charge on any atom is 0.157 e. The predicted molar refractivity (Wildman–Crippen MR) is 47.5 cm³/mol. The molecule has 0 atom stereocenters. The molecule has 1 heterocycles. The van der Waals surface area contributed by atoms with Gasteiger partial charge in [0.05, 0.1) is 6.61 Å². The summed E-state index contributed by atoms with van der Waals surface area (Å²) in [4.78, 5) is 3.91. The molecule has 0 saturated carbocycles. The number of hydrogen-bond acceptors (Lipinski definition) is 2. The van der Waals surface area contributed by atoms with E-state index in [1.807, 2.05) is 0 Å². The summed E-state index contributed by atoms with van der Waals surface area (Å²) in [5.74, 6) is 4.76. The minimum Gasteiger partial charge on any atom is -0.395 e. The lowest BCUT2D eigenvalue weighted by atomic mass is 10.3. The van der Waals surface area contributed by atoms with Crippen molar-refractivity contribution in [2.75, 3.05) is 6.61 Å². The zero-order valence-corrected chi connectivity index (χ0v) is 7.34. The summed E-state index contributed by atoms with van der Waals surface area (Å²) in [5.41, 5.74) is 0.878. The Kier molecular flexibility index (Phi) is 3.41. The highest BCUT2D eigenvalue weighted by molar-refractivity contribution is 5.29. The number of aromatic nitrogens is 1. The van der Waals surface area contributed by atoms with Gasteiger partial charge in [0, 0.05) is 12.1 Å². The van der Waals surface area contributed by atoms with Crippen molar-refractivity contribution < 1.29 is 9.50 Å². The van der Waals surface area contributed by atoms with Gasteiger partial charge in [-0.15, -0.1) is 0 Å². The van der Waals surface area contributed by atoms with Crippen molar-refractivity contribution in [3.05, 3.63) is 29.3 Å². The number of halogens is 1. The van der Waals surface area contributed by atoms with Crippen LogP contribution in [0.2, 0.25) is 0 Å². The van der Waals surface area contributed by atoms with Crippen molar-refractivity contribution >= 4 is 0 Å². The Balaban J connectivity index is 2.89. The van der Waals surface area contributed by atoms with Crippen LogP contribution in [0.25, 0.3) is 0 Å². The molecule has 1 N–H and O–H groups in total. The van der Waals surface area contributed by atoms with E-state index in [1.165, 1.54) is 6.07 Å². The van der Waals surface area contributed by atoms with E-state index in [2.05, 4.69) is 16.8 Å². The Labute approximate surface area is 76.4 Å². The smallest absolute Gasteiger partial charge is 0.157 e. The molecule has 0 saturated heterocycles. The molecule has 13 heavy (non-hydrogen) atoms. The lowest BCUT2D eigenvalue weighted by Crippen LogP contribution is -1.91. The van der Waals surface area contributed by atoms with E-state index in [0.29, 0.717) is 6.42 Å². The van der Waals surface area contributed by atoms with Gasteiger partial charge in [-0.05, 0) is 25.0 Å². The fourth-order valence-electron chi connectivity index (χ4n) is 0.830. The highest BCUT2D eigenvalue weighted by Gasteiger charge is 1.98. The van der Waals surface area contributed by atoms with E-state index in [1.54, 1.807) is 13.0 Å². The van der Waals surface area contributed by atoms with Crippen LogP contribution in [0.5, 0.6) is 0 Å². The van der Waals surface area contributed by atoms with Gasteiger partial charge < -0.3 is 5.11 Å². The molecule has 0 spiro atoms. The van der Waals surface area contributed by atoms with Gasteiger partial charge >= 0.3 is 0 Å². The number of aliphatic hydroxyl groups is 1. The molecule has 2 nitrogen and oxygen atoms in total. The molecule has 0 bridgehead atoms. The Morgan fingerprint density at radius 3 is 3.00 bits per heavy atom. The average Bonchev–Trinajstić information content (AvgIpc) is 2.11. The minimum absolute atomic E-state index is 0.0135. The molecule has 1 aromatic heterocycles. The molecule has 0 aromatic carbocycles. The number of hydrogen-bond donors (Lipinski definition) is 1. The van der Waals surface area contributed by atoms with Crippen LogP contribution in [0.3, 0.4) is 0 Å². The summed E-state index contributed by atoms with van der Waals surface area (Å²) in [6.07, 6.45) is 0.342. The van der Waals surface area contributed by atoms with Crippen LogP contribution in [0, 0.1) is 24.6 Å². The van der Waals surface area contributed by atoms with E-state index in [9.17, 15) is 4.39 Å². The molecule has 1 rings (SSSR count).